The molecule has 7 heteroatoms. The van der Waals surface area contributed by atoms with Gasteiger partial charge in [0.2, 0.25) is 5.95 Å². The zero-order valence-corrected chi connectivity index (χ0v) is 19.3. The smallest absolute Gasteiger partial charge is 0.225 e. The minimum Gasteiger partial charge on any atom is -0.497 e. The van der Waals surface area contributed by atoms with Crippen LogP contribution in [0.2, 0.25) is 0 Å². The molecule has 0 fully saturated rings. The Kier molecular flexibility index (Phi) is 5.17. The number of aromatic amines is 2. The second-order valence-corrected chi connectivity index (χ2v) is 8.44. The third kappa shape index (κ3) is 3.75. The topological polar surface area (TPSA) is 105 Å². The van der Waals surface area contributed by atoms with E-state index in [0.29, 0.717) is 18.3 Å². The molecule has 7 nitrogen and oxygen atoms in total. The van der Waals surface area contributed by atoms with Crippen molar-refractivity contribution in [3.05, 3.63) is 65.0 Å². The number of benzene rings is 2. The Balaban J connectivity index is 1.40. The third-order valence-electron chi connectivity index (χ3n) is 6.42. The van der Waals surface area contributed by atoms with Gasteiger partial charge >= 0.3 is 0 Å². The van der Waals surface area contributed by atoms with Crippen LogP contribution >= 0.6 is 0 Å². The highest BCUT2D eigenvalue weighted by Crippen LogP contribution is 2.31. The molecule has 0 spiro atoms. The number of aromatic nitrogens is 4. The lowest BCUT2D eigenvalue weighted by Crippen LogP contribution is -2.10. The number of nitrogen functional groups attached to an aromatic ring is 1. The summed E-state index contributed by atoms with van der Waals surface area (Å²) in [4.78, 5) is 16.0. The highest BCUT2D eigenvalue weighted by Gasteiger charge is 2.13. The number of anilines is 2. The van der Waals surface area contributed by atoms with Gasteiger partial charge in [-0.15, -0.1) is 0 Å². The molecule has 2 aromatic carbocycles. The van der Waals surface area contributed by atoms with Crippen LogP contribution in [0.5, 0.6) is 5.75 Å². The standard InChI is InChI=1S/C26H28N6O/c1-14-16(3)30-23-7-5-17(11-20(14)23)24-15(2)25(27)32-26(31-24)28-10-9-18-13-29-22-8-6-19(33-4)12-21(18)22/h5-8,11-13,29-30H,9-10H2,1-4H3,(H3,27,28,31,32). The largest absolute Gasteiger partial charge is 0.497 e. The predicted octanol–water partition coefficient (Wildman–Crippen LogP) is 5.28. The first-order valence-corrected chi connectivity index (χ1v) is 11.1. The lowest BCUT2D eigenvalue weighted by molar-refractivity contribution is 0.415. The van der Waals surface area contributed by atoms with Gasteiger partial charge in [0.05, 0.1) is 12.8 Å². The summed E-state index contributed by atoms with van der Waals surface area (Å²) < 4.78 is 5.37. The minimum absolute atomic E-state index is 0.487. The molecule has 3 aromatic heterocycles. The molecule has 0 unspecified atom stereocenters. The maximum atomic E-state index is 6.26. The molecule has 0 bridgehead atoms. The van der Waals surface area contributed by atoms with Gasteiger partial charge in [-0.3, -0.25) is 0 Å². The van der Waals surface area contributed by atoms with Crippen LogP contribution in [0, 0.1) is 20.8 Å². The summed E-state index contributed by atoms with van der Waals surface area (Å²) in [5, 5.41) is 5.71. The zero-order valence-electron chi connectivity index (χ0n) is 19.3. The molecule has 5 N–H and O–H groups in total. The summed E-state index contributed by atoms with van der Waals surface area (Å²) >= 11 is 0. The van der Waals surface area contributed by atoms with E-state index < -0.39 is 0 Å². The van der Waals surface area contributed by atoms with E-state index in [4.69, 9.17) is 15.5 Å². The Bertz CT molecular complexity index is 1480. The van der Waals surface area contributed by atoms with Crippen molar-refractivity contribution >= 4 is 33.6 Å². The van der Waals surface area contributed by atoms with Crippen molar-refractivity contribution in [2.75, 3.05) is 24.7 Å². The van der Waals surface area contributed by atoms with E-state index in [9.17, 15) is 0 Å². The Morgan fingerprint density at radius 1 is 0.970 bits per heavy atom. The van der Waals surface area contributed by atoms with Gasteiger partial charge in [-0.2, -0.15) is 4.98 Å². The average Bonchev–Trinajstić information content (AvgIpc) is 3.35. The van der Waals surface area contributed by atoms with Gasteiger partial charge in [0.15, 0.2) is 0 Å². The Morgan fingerprint density at radius 3 is 2.61 bits per heavy atom. The molecule has 0 atom stereocenters. The Hall–Kier alpha value is -4.00. The van der Waals surface area contributed by atoms with Crippen molar-refractivity contribution in [2.45, 2.75) is 27.2 Å². The maximum Gasteiger partial charge on any atom is 0.225 e. The van der Waals surface area contributed by atoms with E-state index >= 15 is 0 Å². The van der Waals surface area contributed by atoms with Crippen molar-refractivity contribution < 1.29 is 4.74 Å². The van der Waals surface area contributed by atoms with Gasteiger partial charge in [0.1, 0.15) is 11.6 Å². The van der Waals surface area contributed by atoms with Crippen LogP contribution in [0.25, 0.3) is 33.1 Å². The van der Waals surface area contributed by atoms with Crippen molar-refractivity contribution in [3.63, 3.8) is 0 Å². The predicted molar refractivity (Wildman–Crippen MR) is 135 cm³/mol. The molecule has 0 aliphatic rings. The monoisotopic (exact) mass is 440 g/mol. The molecule has 0 saturated carbocycles. The second-order valence-electron chi connectivity index (χ2n) is 8.44. The van der Waals surface area contributed by atoms with Crippen LogP contribution < -0.4 is 15.8 Å². The number of nitrogens with two attached hydrogens (primary N) is 1. The molecular weight excluding hydrogens is 412 g/mol. The quantitative estimate of drug-likeness (QED) is 0.288. The van der Waals surface area contributed by atoms with Crippen LogP contribution in [-0.2, 0) is 6.42 Å². The molecule has 3 heterocycles. The molecule has 0 aliphatic heterocycles. The molecule has 5 aromatic rings. The van der Waals surface area contributed by atoms with E-state index in [-0.39, 0.29) is 0 Å². The SMILES string of the molecule is COc1ccc2[nH]cc(CCNc3nc(N)c(C)c(-c4ccc5[nH]c(C)c(C)c5c4)n3)c2c1. The fraction of sp³-hybridized carbons (Fsp3) is 0.231. The molecule has 0 amide bonds. The Morgan fingerprint density at radius 2 is 1.79 bits per heavy atom. The Labute approximate surface area is 192 Å². The summed E-state index contributed by atoms with van der Waals surface area (Å²) in [5.41, 5.74) is 14.9. The fourth-order valence-corrected chi connectivity index (χ4v) is 4.30. The van der Waals surface area contributed by atoms with Crippen LogP contribution in [0.1, 0.15) is 22.4 Å². The number of hydrogen-bond donors (Lipinski definition) is 4. The lowest BCUT2D eigenvalue weighted by atomic mass is 10.0. The van der Waals surface area contributed by atoms with Crippen molar-refractivity contribution in [3.8, 4) is 17.0 Å². The van der Waals surface area contributed by atoms with Gasteiger partial charge in [-0.1, -0.05) is 6.07 Å². The zero-order chi connectivity index (χ0) is 23.1. The first-order chi connectivity index (χ1) is 15.9. The van der Waals surface area contributed by atoms with Crippen LogP contribution in [0.4, 0.5) is 11.8 Å². The number of ether oxygens (including phenoxy) is 1. The molecule has 0 saturated heterocycles. The summed E-state index contributed by atoms with van der Waals surface area (Å²) in [6.45, 7) is 6.87. The summed E-state index contributed by atoms with van der Waals surface area (Å²) in [7, 11) is 1.68. The highest BCUT2D eigenvalue weighted by atomic mass is 16.5. The number of nitrogens with one attached hydrogen (secondary N) is 3. The van der Waals surface area contributed by atoms with E-state index in [1.807, 2.05) is 25.3 Å². The molecule has 33 heavy (non-hydrogen) atoms. The highest BCUT2D eigenvalue weighted by molar-refractivity contribution is 5.89. The number of H-pyrrole nitrogens is 2. The van der Waals surface area contributed by atoms with Gasteiger partial charge in [0, 0.05) is 51.4 Å². The van der Waals surface area contributed by atoms with Gasteiger partial charge in [0.25, 0.3) is 0 Å². The first kappa shape index (κ1) is 20.9. The van der Waals surface area contributed by atoms with Crippen LogP contribution in [0.15, 0.2) is 42.6 Å². The number of fused-ring (bicyclic) bond motifs is 2. The first-order valence-electron chi connectivity index (χ1n) is 11.1. The van der Waals surface area contributed by atoms with E-state index in [0.717, 1.165) is 45.4 Å². The second kappa shape index (κ2) is 8.16. The van der Waals surface area contributed by atoms with E-state index in [1.54, 1.807) is 7.11 Å². The molecule has 0 aliphatic carbocycles. The number of hydrogen-bond acceptors (Lipinski definition) is 5. The molecule has 5 rings (SSSR count). The molecular formula is C26H28N6O. The van der Waals surface area contributed by atoms with E-state index in [1.165, 1.54) is 22.2 Å². The van der Waals surface area contributed by atoms with Crippen molar-refractivity contribution in [1.29, 1.82) is 0 Å². The number of methoxy groups -OCH3 is 1. The number of nitrogens with zero attached hydrogens (tertiary/aromatic N) is 2. The summed E-state index contributed by atoms with van der Waals surface area (Å²) in [6, 6.07) is 12.4. The fourth-order valence-electron chi connectivity index (χ4n) is 4.30. The van der Waals surface area contributed by atoms with Crippen LogP contribution in [0.3, 0.4) is 0 Å². The molecule has 0 radical (unpaired) electrons. The lowest BCUT2D eigenvalue weighted by Gasteiger charge is -2.12. The maximum absolute atomic E-state index is 6.26. The third-order valence-corrected chi connectivity index (χ3v) is 6.42. The van der Waals surface area contributed by atoms with Gasteiger partial charge in [-0.05, 0) is 68.7 Å². The average molecular weight is 441 g/mol. The van der Waals surface area contributed by atoms with Crippen molar-refractivity contribution in [2.24, 2.45) is 0 Å². The summed E-state index contributed by atoms with van der Waals surface area (Å²) in [6.07, 6.45) is 2.85. The van der Waals surface area contributed by atoms with Crippen molar-refractivity contribution in [1.82, 2.24) is 19.9 Å². The summed E-state index contributed by atoms with van der Waals surface area (Å²) in [5.74, 6) is 1.87. The van der Waals surface area contributed by atoms with Gasteiger partial charge < -0.3 is 25.8 Å². The normalized spacial score (nSPS) is 11.4. The van der Waals surface area contributed by atoms with Gasteiger partial charge in [-0.25, -0.2) is 4.98 Å². The van der Waals surface area contributed by atoms with E-state index in [2.05, 4.69) is 58.4 Å². The number of rotatable bonds is 6. The van der Waals surface area contributed by atoms with Crippen LogP contribution in [-0.4, -0.2) is 33.6 Å². The molecule has 168 valence electrons. The minimum atomic E-state index is 0.487. The number of aryl methyl sites for hydroxylation is 2.